The summed E-state index contributed by atoms with van der Waals surface area (Å²) in [5.74, 6) is 0.270. The Kier molecular flexibility index (Phi) is 6.18. The molecule has 33 heavy (non-hydrogen) atoms. The average Bonchev–Trinajstić information content (AvgIpc) is 3.51. The number of nitrogens with one attached hydrogen (secondary N) is 1. The van der Waals surface area contributed by atoms with Crippen LogP contribution in [0, 0.1) is 0 Å². The Morgan fingerprint density at radius 3 is 2.70 bits per heavy atom. The van der Waals surface area contributed by atoms with Crippen LogP contribution in [0.3, 0.4) is 0 Å². The molecule has 1 aliphatic heterocycles. The number of aromatic nitrogens is 6. The minimum atomic E-state index is -0.270. The molecule has 0 radical (unpaired) electrons. The molecule has 3 heterocycles. The van der Waals surface area contributed by atoms with Crippen molar-refractivity contribution < 1.29 is 9.53 Å². The number of benzene rings is 2. The first-order chi connectivity index (χ1) is 16.2. The van der Waals surface area contributed by atoms with Crippen LogP contribution >= 0.6 is 0 Å². The highest BCUT2D eigenvalue weighted by Gasteiger charge is 2.13. The van der Waals surface area contributed by atoms with E-state index in [0.29, 0.717) is 11.5 Å². The van der Waals surface area contributed by atoms with Gasteiger partial charge < -0.3 is 10.1 Å². The van der Waals surface area contributed by atoms with Gasteiger partial charge in [0.15, 0.2) is 12.4 Å². The second kappa shape index (κ2) is 9.72. The van der Waals surface area contributed by atoms with E-state index < -0.39 is 0 Å². The molecule has 1 fully saturated rings. The predicted molar refractivity (Wildman–Crippen MR) is 121 cm³/mol. The van der Waals surface area contributed by atoms with E-state index in [4.69, 9.17) is 4.74 Å². The monoisotopic (exact) mass is 444 g/mol. The number of rotatable bonds is 7. The molecular formula is C23H24N8O2. The molecule has 0 atom stereocenters. The molecule has 1 saturated heterocycles. The van der Waals surface area contributed by atoms with E-state index in [1.54, 1.807) is 16.9 Å². The standard InChI is InChI=1S/C23H24N8O2/c32-23(24-20-8-4-5-18(15-20)16-29-11-13-33-14-12-29)21-9-10-30(26-21)17-31-27-22(25-28-31)19-6-2-1-3-7-19/h1-10,15H,11-14,16-17H2,(H,24,32). The molecule has 0 aliphatic carbocycles. The smallest absolute Gasteiger partial charge is 0.276 e. The SMILES string of the molecule is O=C(Nc1cccc(CN2CCOCC2)c1)c1ccn(Cn2nnc(-c3ccccc3)n2)n1. The summed E-state index contributed by atoms with van der Waals surface area (Å²) in [6.07, 6.45) is 1.72. The van der Waals surface area contributed by atoms with Crippen LogP contribution in [0.5, 0.6) is 0 Å². The fraction of sp³-hybridized carbons (Fsp3) is 0.261. The number of tetrazole rings is 1. The van der Waals surface area contributed by atoms with Gasteiger partial charge in [0.2, 0.25) is 5.82 Å². The number of carbonyl (C=O) groups is 1. The van der Waals surface area contributed by atoms with Crippen molar-refractivity contribution in [2.75, 3.05) is 31.6 Å². The average molecular weight is 444 g/mol. The quantitative estimate of drug-likeness (QED) is 0.466. The topological polar surface area (TPSA) is 103 Å². The fourth-order valence-electron chi connectivity index (χ4n) is 3.66. The molecule has 0 saturated carbocycles. The van der Waals surface area contributed by atoms with Crippen molar-refractivity contribution >= 4 is 11.6 Å². The third kappa shape index (κ3) is 5.30. The Labute approximate surface area is 190 Å². The van der Waals surface area contributed by atoms with E-state index in [2.05, 4.69) is 36.8 Å². The van der Waals surface area contributed by atoms with Crippen molar-refractivity contribution in [1.29, 1.82) is 0 Å². The molecule has 2 aromatic heterocycles. The van der Waals surface area contributed by atoms with Crippen molar-refractivity contribution in [1.82, 2.24) is 34.9 Å². The summed E-state index contributed by atoms with van der Waals surface area (Å²) in [6.45, 7) is 4.44. The molecule has 1 aliphatic rings. The molecule has 1 amide bonds. The molecule has 10 heteroatoms. The predicted octanol–water partition coefficient (Wildman–Crippen LogP) is 2.13. The number of morpholine rings is 1. The first-order valence-corrected chi connectivity index (χ1v) is 10.8. The lowest BCUT2D eigenvalue weighted by atomic mass is 10.2. The van der Waals surface area contributed by atoms with Gasteiger partial charge in [0.05, 0.1) is 13.2 Å². The Hall–Kier alpha value is -3.89. The van der Waals surface area contributed by atoms with E-state index in [-0.39, 0.29) is 12.6 Å². The lowest BCUT2D eigenvalue weighted by molar-refractivity contribution is 0.0342. The Balaban J connectivity index is 1.20. The summed E-state index contributed by atoms with van der Waals surface area (Å²) in [6, 6.07) is 19.2. The molecule has 1 N–H and O–H groups in total. The van der Waals surface area contributed by atoms with Gasteiger partial charge in [-0.1, -0.05) is 42.5 Å². The number of carbonyl (C=O) groups excluding carboxylic acids is 1. The highest BCUT2D eigenvalue weighted by atomic mass is 16.5. The molecule has 0 spiro atoms. The molecular weight excluding hydrogens is 420 g/mol. The maximum Gasteiger partial charge on any atom is 0.276 e. The normalized spacial score (nSPS) is 14.3. The maximum absolute atomic E-state index is 12.7. The van der Waals surface area contributed by atoms with Crippen LogP contribution < -0.4 is 5.32 Å². The third-order valence-corrected chi connectivity index (χ3v) is 5.32. The van der Waals surface area contributed by atoms with Crippen molar-refractivity contribution in [2.24, 2.45) is 0 Å². The fourth-order valence-corrected chi connectivity index (χ4v) is 3.66. The van der Waals surface area contributed by atoms with Crippen LogP contribution in [-0.2, 0) is 18.0 Å². The number of ether oxygens (including phenoxy) is 1. The van der Waals surface area contributed by atoms with Crippen molar-refractivity contribution in [3.05, 3.63) is 78.1 Å². The second-order valence-corrected chi connectivity index (χ2v) is 7.78. The minimum Gasteiger partial charge on any atom is -0.379 e. The molecule has 0 bridgehead atoms. The van der Waals surface area contributed by atoms with Gasteiger partial charge in [0.25, 0.3) is 5.91 Å². The summed E-state index contributed by atoms with van der Waals surface area (Å²) in [5, 5.41) is 19.8. The number of amides is 1. The highest BCUT2D eigenvalue weighted by molar-refractivity contribution is 6.02. The van der Waals surface area contributed by atoms with Crippen LogP contribution in [0.1, 0.15) is 16.1 Å². The third-order valence-electron chi connectivity index (χ3n) is 5.32. The Morgan fingerprint density at radius 1 is 1.00 bits per heavy atom. The summed E-state index contributed by atoms with van der Waals surface area (Å²) in [7, 11) is 0. The van der Waals surface area contributed by atoms with Gasteiger partial charge in [0, 0.05) is 37.1 Å². The first kappa shape index (κ1) is 21.0. The number of hydrogen-bond donors (Lipinski definition) is 1. The van der Waals surface area contributed by atoms with Crippen molar-refractivity contribution in [2.45, 2.75) is 13.2 Å². The number of anilines is 1. The molecule has 5 rings (SSSR count). The first-order valence-electron chi connectivity index (χ1n) is 10.8. The van der Waals surface area contributed by atoms with E-state index in [1.807, 2.05) is 48.5 Å². The summed E-state index contributed by atoms with van der Waals surface area (Å²) < 4.78 is 7.00. The van der Waals surface area contributed by atoms with Crippen LogP contribution in [0.4, 0.5) is 5.69 Å². The van der Waals surface area contributed by atoms with Gasteiger partial charge in [-0.15, -0.1) is 15.0 Å². The van der Waals surface area contributed by atoms with Crippen LogP contribution in [0.15, 0.2) is 66.9 Å². The zero-order valence-electron chi connectivity index (χ0n) is 18.0. The van der Waals surface area contributed by atoms with Gasteiger partial charge in [-0.25, -0.2) is 4.68 Å². The van der Waals surface area contributed by atoms with Gasteiger partial charge in [-0.2, -0.15) is 5.10 Å². The zero-order valence-corrected chi connectivity index (χ0v) is 18.0. The lowest BCUT2D eigenvalue weighted by Gasteiger charge is -2.26. The van der Waals surface area contributed by atoms with Crippen LogP contribution in [-0.4, -0.2) is 67.1 Å². The summed E-state index contributed by atoms with van der Waals surface area (Å²) in [5.41, 5.74) is 3.09. The summed E-state index contributed by atoms with van der Waals surface area (Å²) in [4.78, 5) is 16.5. The van der Waals surface area contributed by atoms with E-state index in [0.717, 1.165) is 49.7 Å². The molecule has 168 valence electrons. The lowest BCUT2D eigenvalue weighted by Crippen LogP contribution is -2.35. The second-order valence-electron chi connectivity index (χ2n) is 7.78. The number of nitrogens with zero attached hydrogens (tertiary/aromatic N) is 7. The van der Waals surface area contributed by atoms with Crippen molar-refractivity contribution in [3.63, 3.8) is 0 Å². The largest absolute Gasteiger partial charge is 0.379 e. The van der Waals surface area contributed by atoms with Gasteiger partial charge >= 0.3 is 0 Å². The van der Waals surface area contributed by atoms with E-state index in [9.17, 15) is 4.79 Å². The van der Waals surface area contributed by atoms with Gasteiger partial charge in [0.1, 0.15) is 0 Å². The Bertz CT molecular complexity index is 1210. The summed E-state index contributed by atoms with van der Waals surface area (Å²) >= 11 is 0. The van der Waals surface area contributed by atoms with E-state index in [1.165, 1.54) is 4.80 Å². The Morgan fingerprint density at radius 2 is 1.85 bits per heavy atom. The van der Waals surface area contributed by atoms with Crippen LogP contribution in [0.25, 0.3) is 11.4 Å². The molecule has 10 nitrogen and oxygen atoms in total. The zero-order chi connectivity index (χ0) is 22.5. The highest BCUT2D eigenvalue weighted by Crippen LogP contribution is 2.15. The van der Waals surface area contributed by atoms with Crippen molar-refractivity contribution in [3.8, 4) is 11.4 Å². The van der Waals surface area contributed by atoms with E-state index >= 15 is 0 Å². The number of hydrogen-bond acceptors (Lipinski definition) is 7. The van der Waals surface area contributed by atoms with Gasteiger partial charge in [-0.05, 0) is 29.0 Å². The minimum absolute atomic E-state index is 0.252. The van der Waals surface area contributed by atoms with Crippen LogP contribution in [0.2, 0.25) is 0 Å². The maximum atomic E-state index is 12.7. The van der Waals surface area contributed by atoms with Gasteiger partial charge in [-0.3, -0.25) is 9.69 Å². The molecule has 2 aromatic carbocycles. The molecule has 4 aromatic rings. The molecule has 0 unspecified atom stereocenters.